The minimum atomic E-state index is -1.11. The number of carbonyl (C=O) groups is 1. The molecule has 1 rings (SSSR count). The average molecular weight is 356 g/mol. The van der Waals surface area contributed by atoms with Crippen LogP contribution in [0.4, 0.5) is 0 Å². The van der Waals surface area contributed by atoms with E-state index in [1.807, 2.05) is 0 Å². The molecule has 0 fully saturated rings. The van der Waals surface area contributed by atoms with Crippen molar-refractivity contribution < 1.29 is 39.4 Å². The topological polar surface area (TPSA) is 126 Å². The number of rotatable bonds is 11. The average Bonchev–Trinajstić information content (AvgIpc) is 2.63. The fraction of sp³-hybridized carbons (Fsp3) is 0.471. The van der Waals surface area contributed by atoms with Gasteiger partial charge in [-0.05, 0) is 30.7 Å². The number of aliphatic hydroxyl groups is 4. The summed E-state index contributed by atoms with van der Waals surface area (Å²) in [5.74, 6) is -0.295. The molecule has 0 aromatic heterocycles. The van der Waals surface area contributed by atoms with Crippen LogP contribution in [0.15, 0.2) is 30.0 Å². The fourth-order valence-corrected chi connectivity index (χ4v) is 1.66. The van der Waals surface area contributed by atoms with Crippen LogP contribution in [0.3, 0.4) is 0 Å². The second-order valence-corrected chi connectivity index (χ2v) is 5.09. The highest BCUT2D eigenvalue weighted by Crippen LogP contribution is 2.16. The highest BCUT2D eigenvalue weighted by Gasteiger charge is 2.14. The number of ether oxygens (including phenoxy) is 3. The molecule has 2 atom stereocenters. The second kappa shape index (κ2) is 11.4. The molecule has 8 nitrogen and oxygen atoms in total. The first-order chi connectivity index (χ1) is 12.0. The maximum Gasteiger partial charge on any atom is 0.373 e. The maximum atomic E-state index is 11.9. The van der Waals surface area contributed by atoms with Gasteiger partial charge >= 0.3 is 5.97 Å². The molecule has 0 bridgehead atoms. The molecule has 8 heteroatoms. The Kier molecular flexibility index (Phi) is 9.56. The number of aliphatic hydroxyl groups excluding tert-OH is 4. The number of esters is 1. The van der Waals surface area contributed by atoms with E-state index in [1.54, 1.807) is 31.2 Å². The van der Waals surface area contributed by atoms with Gasteiger partial charge in [0.15, 0.2) is 0 Å². The quantitative estimate of drug-likeness (QED) is 0.242. The van der Waals surface area contributed by atoms with Crippen molar-refractivity contribution in [2.24, 2.45) is 0 Å². The molecule has 0 amide bonds. The Morgan fingerprint density at radius 3 is 2.20 bits per heavy atom. The zero-order valence-electron chi connectivity index (χ0n) is 14.0. The molecule has 1 aromatic carbocycles. The number of carbonyl (C=O) groups excluding carboxylic acids is 1. The summed E-state index contributed by atoms with van der Waals surface area (Å²) in [6.45, 7) is 0.666. The van der Waals surface area contributed by atoms with Crippen LogP contribution in [-0.4, -0.2) is 71.6 Å². The largest absolute Gasteiger partial charge is 0.491 e. The first-order valence-corrected chi connectivity index (χ1v) is 7.82. The lowest BCUT2D eigenvalue weighted by Gasteiger charge is -2.13. The third kappa shape index (κ3) is 7.99. The van der Waals surface area contributed by atoms with Gasteiger partial charge in [0.2, 0.25) is 5.76 Å². The molecule has 0 aliphatic carbocycles. The molecule has 0 saturated heterocycles. The predicted molar refractivity (Wildman–Crippen MR) is 88.7 cm³/mol. The van der Waals surface area contributed by atoms with Gasteiger partial charge in [0.05, 0.1) is 19.8 Å². The summed E-state index contributed by atoms with van der Waals surface area (Å²) in [4.78, 5) is 11.9. The van der Waals surface area contributed by atoms with E-state index in [0.717, 1.165) is 0 Å². The lowest BCUT2D eigenvalue weighted by Crippen LogP contribution is -2.21. The first-order valence-electron chi connectivity index (χ1n) is 7.82. The highest BCUT2D eigenvalue weighted by atomic mass is 16.6. The van der Waals surface area contributed by atoms with Gasteiger partial charge in [-0.1, -0.05) is 12.1 Å². The number of hydrogen-bond donors (Lipinski definition) is 4. The minimum absolute atomic E-state index is 0.0398. The smallest absolute Gasteiger partial charge is 0.373 e. The summed E-state index contributed by atoms with van der Waals surface area (Å²) in [6.07, 6.45) is -0.623. The van der Waals surface area contributed by atoms with Crippen LogP contribution in [0.1, 0.15) is 12.5 Å². The van der Waals surface area contributed by atoms with Crippen LogP contribution in [0.25, 0.3) is 6.08 Å². The van der Waals surface area contributed by atoms with E-state index in [4.69, 9.17) is 24.4 Å². The molecule has 0 aliphatic heterocycles. The van der Waals surface area contributed by atoms with E-state index < -0.39 is 24.8 Å². The molecule has 0 aliphatic rings. The molecule has 0 radical (unpaired) electrons. The Labute approximate surface area is 145 Å². The van der Waals surface area contributed by atoms with Gasteiger partial charge in [0.25, 0.3) is 0 Å². The number of benzene rings is 1. The van der Waals surface area contributed by atoms with Crippen molar-refractivity contribution >= 4 is 12.0 Å². The van der Waals surface area contributed by atoms with Crippen LogP contribution < -0.4 is 4.74 Å². The predicted octanol–water partition coefficient (Wildman–Crippen LogP) is -0.308. The van der Waals surface area contributed by atoms with Crippen LogP contribution in [-0.2, 0) is 14.3 Å². The van der Waals surface area contributed by atoms with E-state index in [0.29, 0.717) is 11.3 Å². The highest BCUT2D eigenvalue weighted by molar-refractivity contribution is 5.91. The molecule has 25 heavy (non-hydrogen) atoms. The molecule has 140 valence electrons. The van der Waals surface area contributed by atoms with Crippen LogP contribution in [0, 0.1) is 0 Å². The third-order valence-electron chi connectivity index (χ3n) is 2.95. The summed E-state index contributed by atoms with van der Waals surface area (Å²) in [7, 11) is 0. The zero-order valence-corrected chi connectivity index (χ0v) is 14.0. The first kappa shape index (κ1) is 20.9. The molecular weight excluding hydrogens is 332 g/mol. The van der Waals surface area contributed by atoms with E-state index in [-0.39, 0.29) is 32.2 Å². The van der Waals surface area contributed by atoms with Gasteiger partial charge in [0.1, 0.15) is 31.2 Å². The normalized spacial score (nSPS) is 13.9. The Morgan fingerprint density at radius 1 is 1.04 bits per heavy atom. The Bertz CT molecular complexity index is 540. The van der Waals surface area contributed by atoms with Gasteiger partial charge in [0, 0.05) is 0 Å². The van der Waals surface area contributed by atoms with Crippen molar-refractivity contribution in [2.45, 2.75) is 19.1 Å². The Balaban J connectivity index is 2.79. The van der Waals surface area contributed by atoms with Gasteiger partial charge in [-0.3, -0.25) is 0 Å². The third-order valence-corrected chi connectivity index (χ3v) is 2.95. The van der Waals surface area contributed by atoms with Gasteiger partial charge < -0.3 is 34.6 Å². The second-order valence-electron chi connectivity index (χ2n) is 5.09. The summed E-state index contributed by atoms with van der Waals surface area (Å²) in [5.41, 5.74) is 0.622. The standard InChI is InChI=1S/C17H24O8/c1-2-23-17(22)16(25-11-14(21)9-19)7-12-3-5-15(6-4-12)24-10-13(20)8-18/h3-7,13-14,18-21H,2,8-11H2,1H3. The van der Waals surface area contributed by atoms with Crippen molar-refractivity contribution in [1.29, 1.82) is 0 Å². The Morgan fingerprint density at radius 2 is 1.64 bits per heavy atom. The number of hydrogen-bond acceptors (Lipinski definition) is 8. The van der Waals surface area contributed by atoms with Gasteiger partial charge in [-0.15, -0.1) is 0 Å². The monoisotopic (exact) mass is 356 g/mol. The Hall–Kier alpha value is -2.13. The van der Waals surface area contributed by atoms with Crippen LogP contribution in [0.2, 0.25) is 0 Å². The van der Waals surface area contributed by atoms with Crippen molar-refractivity contribution in [3.8, 4) is 5.75 Å². The summed E-state index contributed by atoms with van der Waals surface area (Å²) < 4.78 is 15.4. The van der Waals surface area contributed by atoms with Crippen molar-refractivity contribution in [3.63, 3.8) is 0 Å². The molecule has 4 N–H and O–H groups in total. The van der Waals surface area contributed by atoms with Crippen molar-refractivity contribution in [2.75, 3.05) is 33.0 Å². The van der Waals surface area contributed by atoms with Crippen LogP contribution >= 0.6 is 0 Å². The van der Waals surface area contributed by atoms with Crippen LogP contribution in [0.5, 0.6) is 5.75 Å². The summed E-state index contributed by atoms with van der Waals surface area (Å²) in [5, 5.41) is 36.1. The summed E-state index contributed by atoms with van der Waals surface area (Å²) >= 11 is 0. The zero-order chi connectivity index (χ0) is 18.7. The lowest BCUT2D eigenvalue weighted by atomic mass is 10.2. The molecule has 2 unspecified atom stereocenters. The molecule has 0 spiro atoms. The molecule has 1 aromatic rings. The lowest BCUT2D eigenvalue weighted by molar-refractivity contribution is -0.143. The van der Waals surface area contributed by atoms with E-state index in [2.05, 4.69) is 0 Å². The SMILES string of the molecule is CCOC(=O)C(=Cc1ccc(OCC(O)CO)cc1)OCC(O)CO. The van der Waals surface area contributed by atoms with E-state index >= 15 is 0 Å². The maximum absolute atomic E-state index is 11.9. The minimum Gasteiger partial charge on any atom is -0.491 e. The summed E-state index contributed by atoms with van der Waals surface area (Å²) in [6, 6.07) is 6.57. The molecule has 0 saturated carbocycles. The molecule has 0 heterocycles. The van der Waals surface area contributed by atoms with Crippen molar-refractivity contribution in [3.05, 3.63) is 35.6 Å². The van der Waals surface area contributed by atoms with Gasteiger partial charge in [-0.2, -0.15) is 0 Å². The molecular formula is C17H24O8. The van der Waals surface area contributed by atoms with Crippen molar-refractivity contribution in [1.82, 2.24) is 0 Å². The van der Waals surface area contributed by atoms with Gasteiger partial charge in [-0.25, -0.2) is 4.79 Å². The van der Waals surface area contributed by atoms with E-state index in [9.17, 15) is 15.0 Å². The van der Waals surface area contributed by atoms with E-state index in [1.165, 1.54) is 6.08 Å². The fourth-order valence-electron chi connectivity index (χ4n) is 1.66.